The molecule has 0 saturated carbocycles. The molecule has 0 fully saturated rings. The zero-order chi connectivity index (χ0) is 15.3. The minimum absolute atomic E-state index is 0.293. The van der Waals surface area contributed by atoms with Crippen LogP contribution in [-0.2, 0) is 0 Å². The third-order valence-corrected chi connectivity index (χ3v) is 3.69. The third-order valence-electron chi connectivity index (χ3n) is 3.69. The summed E-state index contributed by atoms with van der Waals surface area (Å²) >= 11 is 0. The van der Waals surface area contributed by atoms with E-state index in [1.165, 1.54) is 12.1 Å². The highest BCUT2D eigenvalue weighted by Gasteiger charge is 2.21. The van der Waals surface area contributed by atoms with Crippen LogP contribution in [0.2, 0.25) is 0 Å². The SMILES string of the molecule is CCC(CC)N(CC(C)C)c1ccc(F)cc1[C@@H](C)O. The summed E-state index contributed by atoms with van der Waals surface area (Å²) in [5.41, 5.74) is 1.64. The van der Waals surface area contributed by atoms with Crippen LogP contribution < -0.4 is 4.90 Å². The van der Waals surface area contributed by atoms with Crippen molar-refractivity contribution in [3.63, 3.8) is 0 Å². The highest BCUT2D eigenvalue weighted by Crippen LogP contribution is 2.30. The molecular formula is C17H28FNO. The molecule has 0 spiro atoms. The van der Waals surface area contributed by atoms with E-state index in [0.717, 1.165) is 25.1 Å². The summed E-state index contributed by atoms with van der Waals surface area (Å²) in [5, 5.41) is 9.95. The van der Waals surface area contributed by atoms with Crippen LogP contribution in [-0.4, -0.2) is 17.7 Å². The zero-order valence-corrected chi connectivity index (χ0v) is 13.4. The van der Waals surface area contributed by atoms with E-state index in [1.807, 2.05) is 0 Å². The van der Waals surface area contributed by atoms with Crippen molar-refractivity contribution in [1.82, 2.24) is 0 Å². The Kier molecular flexibility index (Phi) is 6.47. The highest BCUT2D eigenvalue weighted by atomic mass is 19.1. The second-order valence-electron chi connectivity index (χ2n) is 5.90. The lowest BCUT2D eigenvalue weighted by molar-refractivity contribution is 0.199. The van der Waals surface area contributed by atoms with E-state index in [4.69, 9.17) is 0 Å². The lowest BCUT2D eigenvalue weighted by Crippen LogP contribution is -2.38. The van der Waals surface area contributed by atoms with Crippen molar-refractivity contribution in [3.8, 4) is 0 Å². The fourth-order valence-electron chi connectivity index (χ4n) is 2.69. The number of rotatable bonds is 7. The van der Waals surface area contributed by atoms with Crippen molar-refractivity contribution in [2.75, 3.05) is 11.4 Å². The van der Waals surface area contributed by atoms with Gasteiger partial charge in [-0.2, -0.15) is 0 Å². The first kappa shape index (κ1) is 17.0. The van der Waals surface area contributed by atoms with Gasteiger partial charge in [0.25, 0.3) is 0 Å². The number of hydrogen-bond donors (Lipinski definition) is 1. The zero-order valence-electron chi connectivity index (χ0n) is 13.4. The molecule has 0 heterocycles. The second kappa shape index (κ2) is 7.63. The molecular weight excluding hydrogens is 253 g/mol. The smallest absolute Gasteiger partial charge is 0.123 e. The summed E-state index contributed by atoms with van der Waals surface area (Å²) < 4.78 is 13.5. The van der Waals surface area contributed by atoms with Crippen LogP contribution in [0, 0.1) is 11.7 Å². The fourth-order valence-corrected chi connectivity index (χ4v) is 2.69. The van der Waals surface area contributed by atoms with Crippen molar-refractivity contribution >= 4 is 5.69 Å². The van der Waals surface area contributed by atoms with Crippen molar-refractivity contribution in [1.29, 1.82) is 0 Å². The Hall–Kier alpha value is -1.09. The van der Waals surface area contributed by atoms with E-state index in [-0.39, 0.29) is 5.82 Å². The van der Waals surface area contributed by atoms with Gasteiger partial charge in [0.1, 0.15) is 5.82 Å². The Bertz CT molecular complexity index is 413. The first-order valence-electron chi connectivity index (χ1n) is 7.64. The Balaban J connectivity index is 3.25. The predicted molar refractivity (Wildman–Crippen MR) is 83.6 cm³/mol. The number of aliphatic hydroxyl groups excluding tert-OH is 1. The van der Waals surface area contributed by atoms with E-state index < -0.39 is 6.10 Å². The summed E-state index contributed by atoms with van der Waals surface area (Å²) in [6.07, 6.45) is 1.42. The Morgan fingerprint density at radius 2 is 1.75 bits per heavy atom. The van der Waals surface area contributed by atoms with Crippen LogP contribution in [0.5, 0.6) is 0 Å². The summed E-state index contributed by atoms with van der Waals surface area (Å²) in [6.45, 7) is 11.3. The summed E-state index contributed by atoms with van der Waals surface area (Å²) in [5.74, 6) is 0.223. The number of hydrogen-bond acceptors (Lipinski definition) is 2. The Morgan fingerprint density at radius 3 is 2.20 bits per heavy atom. The van der Waals surface area contributed by atoms with E-state index in [1.54, 1.807) is 13.0 Å². The maximum atomic E-state index is 13.5. The normalized spacial score (nSPS) is 13.1. The van der Waals surface area contributed by atoms with Gasteiger partial charge in [-0.05, 0) is 43.9 Å². The lowest BCUT2D eigenvalue weighted by Gasteiger charge is -2.36. The number of anilines is 1. The minimum Gasteiger partial charge on any atom is -0.389 e. The molecule has 0 saturated heterocycles. The molecule has 114 valence electrons. The molecule has 0 aliphatic heterocycles. The van der Waals surface area contributed by atoms with Gasteiger partial charge in [-0.1, -0.05) is 27.7 Å². The number of aliphatic hydroxyl groups is 1. The van der Waals surface area contributed by atoms with Gasteiger partial charge in [0.2, 0.25) is 0 Å². The maximum absolute atomic E-state index is 13.5. The standard InChI is InChI=1S/C17H28FNO/c1-6-15(7-2)19(11-12(3)4)17-9-8-14(18)10-16(17)13(5)20/h8-10,12-13,15,20H,6-7,11H2,1-5H3/t13-/m1/s1. The van der Waals surface area contributed by atoms with Crippen LogP contribution in [0.4, 0.5) is 10.1 Å². The molecule has 1 aromatic carbocycles. The monoisotopic (exact) mass is 281 g/mol. The molecule has 0 amide bonds. The van der Waals surface area contributed by atoms with E-state index >= 15 is 0 Å². The van der Waals surface area contributed by atoms with Crippen LogP contribution in [0.15, 0.2) is 18.2 Å². The first-order chi connectivity index (χ1) is 9.40. The molecule has 1 rings (SSSR count). The minimum atomic E-state index is -0.662. The number of halogens is 1. The van der Waals surface area contributed by atoms with E-state index in [0.29, 0.717) is 17.5 Å². The molecule has 0 aliphatic rings. The molecule has 0 aliphatic carbocycles. The third kappa shape index (κ3) is 4.20. The first-order valence-corrected chi connectivity index (χ1v) is 7.64. The molecule has 0 bridgehead atoms. The van der Waals surface area contributed by atoms with Gasteiger partial charge < -0.3 is 10.0 Å². The van der Waals surface area contributed by atoms with Crippen LogP contribution in [0.25, 0.3) is 0 Å². The lowest BCUT2D eigenvalue weighted by atomic mass is 10.0. The van der Waals surface area contributed by atoms with Gasteiger partial charge in [0.15, 0.2) is 0 Å². The average molecular weight is 281 g/mol. The van der Waals surface area contributed by atoms with Crippen molar-refractivity contribution in [2.24, 2.45) is 5.92 Å². The van der Waals surface area contributed by atoms with E-state index in [2.05, 4.69) is 32.6 Å². The largest absolute Gasteiger partial charge is 0.389 e. The maximum Gasteiger partial charge on any atom is 0.123 e. The predicted octanol–water partition coefficient (Wildman–Crippen LogP) is 4.53. The molecule has 2 nitrogen and oxygen atoms in total. The van der Waals surface area contributed by atoms with Gasteiger partial charge in [-0.15, -0.1) is 0 Å². The Labute approximate surface area is 122 Å². The van der Waals surface area contributed by atoms with Gasteiger partial charge in [0, 0.05) is 23.8 Å². The van der Waals surface area contributed by atoms with Crippen LogP contribution in [0.3, 0.4) is 0 Å². The summed E-state index contributed by atoms with van der Waals surface area (Å²) in [6, 6.07) is 5.16. The van der Waals surface area contributed by atoms with Crippen molar-refractivity contribution < 1.29 is 9.50 Å². The molecule has 1 aromatic rings. The summed E-state index contributed by atoms with van der Waals surface area (Å²) in [4.78, 5) is 2.33. The van der Waals surface area contributed by atoms with Crippen LogP contribution >= 0.6 is 0 Å². The topological polar surface area (TPSA) is 23.5 Å². The van der Waals surface area contributed by atoms with Crippen LogP contribution in [0.1, 0.15) is 59.1 Å². The highest BCUT2D eigenvalue weighted by molar-refractivity contribution is 5.55. The van der Waals surface area contributed by atoms with Crippen molar-refractivity contribution in [3.05, 3.63) is 29.6 Å². The average Bonchev–Trinajstić information content (AvgIpc) is 2.38. The molecule has 0 radical (unpaired) electrons. The number of benzene rings is 1. The quantitative estimate of drug-likeness (QED) is 0.793. The fraction of sp³-hybridized carbons (Fsp3) is 0.647. The van der Waals surface area contributed by atoms with Gasteiger partial charge >= 0.3 is 0 Å². The molecule has 20 heavy (non-hydrogen) atoms. The molecule has 1 N–H and O–H groups in total. The van der Waals surface area contributed by atoms with E-state index in [9.17, 15) is 9.50 Å². The molecule has 0 aromatic heterocycles. The second-order valence-corrected chi connectivity index (χ2v) is 5.90. The summed E-state index contributed by atoms with van der Waals surface area (Å²) in [7, 11) is 0. The Morgan fingerprint density at radius 1 is 1.15 bits per heavy atom. The van der Waals surface area contributed by atoms with Gasteiger partial charge in [-0.3, -0.25) is 0 Å². The van der Waals surface area contributed by atoms with Gasteiger partial charge in [0.05, 0.1) is 6.10 Å². The molecule has 1 atom stereocenters. The van der Waals surface area contributed by atoms with Gasteiger partial charge in [-0.25, -0.2) is 4.39 Å². The molecule has 3 heteroatoms. The molecule has 0 unspecified atom stereocenters. The number of nitrogens with zero attached hydrogens (tertiary/aromatic N) is 1. The van der Waals surface area contributed by atoms with Crippen molar-refractivity contribution in [2.45, 2.75) is 59.6 Å².